The predicted molar refractivity (Wildman–Crippen MR) is 45.1 cm³/mol. The maximum Gasteiger partial charge on any atom is 0.0687 e. The lowest BCUT2D eigenvalue weighted by atomic mass is 10.0. The van der Waals surface area contributed by atoms with E-state index < -0.39 is 0 Å². The third-order valence-corrected chi connectivity index (χ3v) is 2.08. The van der Waals surface area contributed by atoms with Gasteiger partial charge >= 0.3 is 0 Å². The van der Waals surface area contributed by atoms with Gasteiger partial charge in [0.25, 0.3) is 0 Å². The van der Waals surface area contributed by atoms with E-state index in [2.05, 4.69) is 18.2 Å². The average Bonchev–Trinajstić information content (AvgIpc) is 2.50. The Hall–Kier alpha value is -1.08. The van der Waals surface area contributed by atoms with Crippen LogP contribution in [0.15, 0.2) is 24.3 Å². The zero-order valence-electron chi connectivity index (χ0n) is 6.25. The molecule has 0 saturated heterocycles. The Morgan fingerprint density at radius 1 is 1.36 bits per heavy atom. The summed E-state index contributed by atoms with van der Waals surface area (Å²) < 4.78 is 0. The van der Waals surface area contributed by atoms with Crippen LogP contribution in [0.25, 0.3) is 6.08 Å². The zero-order valence-corrected chi connectivity index (χ0v) is 6.25. The predicted octanol–water partition coefficient (Wildman–Crippen LogP) is 1.75. The van der Waals surface area contributed by atoms with Crippen LogP contribution in [0.5, 0.6) is 0 Å². The minimum Gasteiger partial charge on any atom is -0.392 e. The molecule has 0 radical (unpaired) electrons. The number of allylic oxidation sites excluding steroid dienone is 1. The molecule has 0 spiro atoms. The Balaban J connectivity index is 2.57. The fourth-order valence-electron chi connectivity index (χ4n) is 1.50. The minimum absolute atomic E-state index is 0.146. The Kier molecular flexibility index (Phi) is 1.51. The van der Waals surface area contributed by atoms with Crippen LogP contribution in [0.3, 0.4) is 0 Å². The number of hydrogen-bond acceptors (Lipinski definition) is 1. The molecule has 1 aromatic rings. The van der Waals surface area contributed by atoms with Gasteiger partial charge in [0.1, 0.15) is 0 Å². The molecule has 0 heterocycles. The van der Waals surface area contributed by atoms with Crippen molar-refractivity contribution in [3.05, 3.63) is 41.0 Å². The second kappa shape index (κ2) is 2.51. The Bertz CT molecular complexity index is 300. The monoisotopic (exact) mass is 146 g/mol. The molecule has 0 unspecified atom stereocenters. The van der Waals surface area contributed by atoms with Gasteiger partial charge in [-0.15, -0.1) is 0 Å². The molecule has 0 amide bonds. The summed E-state index contributed by atoms with van der Waals surface area (Å²) >= 11 is 0. The molecular weight excluding hydrogens is 136 g/mol. The number of hydrogen-bond donors (Lipinski definition) is 1. The molecule has 1 aliphatic rings. The summed E-state index contributed by atoms with van der Waals surface area (Å²) in [4.78, 5) is 0. The van der Waals surface area contributed by atoms with Crippen molar-refractivity contribution in [1.82, 2.24) is 0 Å². The quantitative estimate of drug-likeness (QED) is 0.640. The first-order valence-corrected chi connectivity index (χ1v) is 3.80. The number of fused-ring (bicyclic) bond motifs is 1. The normalized spacial score (nSPS) is 13.5. The van der Waals surface area contributed by atoms with Gasteiger partial charge in [-0.05, 0) is 23.1 Å². The molecule has 0 bridgehead atoms. The van der Waals surface area contributed by atoms with E-state index in [1.807, 2.05) is 12.1 Å². The highest BCUT2D eigenvalue weighted by Crippen LogP contribution is 2.22. The maximum atomic E-state index is 8.97. The second-order valence-electron chi connectivity index (χ2n) is 2.75. The van der Waals surface area contributed by atoms with Gasteiger partial charge in [-0.2, -0.15) is 0 Å². The summed E-state index contributed by atoms with van der Waals surface area (Å²) in [6, 6.07) is 6.07. The number of rotatable bonds is 1. The SMILES string of the molecule is OCc1cccc2c1C=CC2. The van der Waals surface area contributed by atoms with E-state index in [0.717, 1.165) is 12.0 Å². The summed E-state index contributed by atoms with van der Waals surface area (Å²) in [7, 11) is 0. The molecule has 1 heteroatoms. The molecule has 0 aliphatic heterocycles. The largest absolute Gasteiger partial charge is 0.392 e. The molecule has 0 fully saturated rings. The molecule has 1 aromatic carbocycles. The van der Waals surface area contributed by atoms with Gasteiger partial charge in [0.05, 0.1) is 6.61 Å². The van der Waals surface area contributed by atoms with E-state index in [0.29, 0.717) is 0 Å². The van der Waals surface area contributed by atoms with Crippen molar-refractivity contribution < 1.29 is 5.11 Å². The molecule has 1 nitrogen and oxygen atoms in total. The fraction of sp³-hybridized carbons (Fsp3) is 0.200. The fourth-order valence-corrected chi connectivity index (χ4v) is 1.50. The first-order chi connectivity index (χ1) is 5.42. The van der Waals surface area contributed by atoms with Gasteiger partial charge in [-0.1, -0.05) is 30.4 Å². The van der Waals surface area contributed by atoms with Crippen LogP contribution in [-0.2, 0) is 13.0 Å². The number of benzene rings is 1. The van der Waals surface area contributed by atoms with Gasteiger partial charge in [0, 0.05) is 0 Å². The van der Waals surface area contributed by atoms with Crippen LogP contribution >= 0.6 is 0 Å². The molecule has 1 aliphatic carbocycles. The van der Waals surface area contributed by atoms with Gasteiger partial charge in [0.15, 0.2) is 0 Å². The average molecular weight is 146 g/mol. The first kappa shape index (κ1) is 6.62. The zero-order chi connectivity index (χ0) is 7.68. The van der Waals surface area contributed by atoms with Gasteiger partial charge in [-0.25, -0.2) is 0 Å². The molecule has 56 valence electrons. The Labute approximate surface area is 66.0 Å². The van der Waals surface area contributed by atoms with Crippen molar-refractivity contribution in [2.24, 2.45) is 0 Å². The van der Waals surface area contributed by atoms with Crippen molar-refractivity contribution >= 4 is 6.08 Å². The van der Waals surface area contributed by atoms with E-state index in [4.69, 9.17) is 5.11 Å². The molecule has 2 rings (SSSR count). The van der Waals surface area contributed by atoms with Crippen LogP contribution in [0.1, 0.15) is 16.7 Å². The summed E-state index contributed by atoms with van der Waals surface area (Å²) in [6.45, 7) is 0.146. The van der Waals surface area contributed by atoms with Crippen LogP contribution in [-0.4, -0.2) is 5.11 Å². The Morgan fingerprint density at radius 2 is 2.27 bits per heavy atom. The second-order valence-corrected chi connectivity index (χ2v) is 2.75. The van der Waals surface area contributed by atoms with E-state index in [1.54, 1.807) is 0 Å². The van der Waals surface area contributed by atoms with Crippen LogP contribution in [0, 0.1) is 0 Å². The highest BCUT2D eigenvalue weighted by atomic mass is 16.3. The smallest absolute Gasteiger partial charge is 0.0687 e. The third kappa shape index (κ3) is 0.976. The minimum atomic E-state index is 0.146. The van der Waals surface area contributed by atoms with E-state index in [9.17, 15) is 0 Å². The van der Waals surface area contributed by atoms with E-state index >= 15 is 0 Å². The number of aliphatic hydroxyl groups excluding tert-OH is 1. The van der Waals surface area contributed by atoms with Crippen molar-refractivity contribution in [2.75, 3.05) is 0 Å². The van der Waals surface area contributed by atoms with Crippen LogP contribution in [0.2, 0.25) is 0 Å². The topological polar surface area (TPSA) is 20.2 Å². The van der Waals surface area contributed by atoms with Crippen molar-refractivity contribution in [1.29, 1.82) is 0 Å². The molecule has 0 aromatic heterocycles. The molecule has 11 heavy (non-hydrogen) atoms. The first-order valence-electron chi connectivity index (χ1n) is 3.80. The lowest BCUT2D eigenvalue weighted by Crippen LogP contribution is -1.89. The van der Waals surface area contributed by atoms with Crippen molar-refractivity contribution in [3.63, 3.8) is 0 Å². The highest BCUT2D eigenvalue weighted by molar-refractivity contribution is 5.63. The maximum absolute atomic E-state index is 8.97. The molecular formula is C10H10O. The lowest BCUT2D eigenvalue weighted by Gasteiger charge is -2.02. The van der Waals surface area contributed by atoms with E-state index in [-0.39, 0.29) is 6.61 Å². The third-order valence-electron chi connectivity index (χ3n) is 2.08. The van der Waals surface area contributed by atoms with Gasteiger partial charge in [0.2, 0.25) is 0 Å². The Morgan fingerprint density at radius 3 is 3.09 bits per heavy atom. The standard InChI is InChI=1S/C10H10O/c11-7-9-5-1-3-8-4-2-6-10(8)9/h1-3,5-6,11H,4,7H2. The molecule has 0 saturated carbocycles. The van der Waals surface area contributed by atoms with Gasteiger partial charge < -0.3 is 5.11 Å². The summed E-state index contributed by atoms with van der Waals surface area (Å²) in [6.07, 6.45) is 5.23. The van der Waals surface area contributed by atoms with Crippen molar-refractivity contribution in [3.8, 4) is 0 Å². The van der Waals surface area contributed by atoms with Gasteiger partial charge in [-0.3, -0.25) is 0 Å². The molecule has 0 atom stereocenters. The molecule has 1 N–H and O–H groups in total. The van der Waals surface area contributed by atoms with Crippen LogP contribution < -0.4 is 0 Å². The lowest BCUT2D eigenvalue weighted by molar-refractivity contribution is 0.281. The van der Waals surface area contributed by atoms with Crippen molar-refractivity contribution in [2.45, 2.75) is 13.0 Å². The summed E-state index contributed by atoms with van der Waals surface area (Å²) in [5.74, 6) is 0. The summed E-state index contributed by atoms with van der Waals surface area (Å²) in [5, 5.41) is 8.97. The number of aliphatic hydroxyl groups is 1. The van der Waals surface area contributed by atoms with E-state index in [1.165, 1.54) is 11.1 Å². The summed E-state index contributed by atoms with van der Waals surface area (Å²) in [5.41, 5.74) is 3.59. The van der Waals surface area contributed by atoms with Crippen LogP contribution in [0.4, 0.5) is 0 Å². The highest BCUT2D eigenvalue weighted by Gasteiger charge is 2.07.